The molecule has 0 spiro atoms. The maximum atomic E-state index is 13.3. The number of hydrogen-bond acceptors (Lipinski definition) is 0. The second-order valence-electron chi connectivity index (χ2n) is 6.04. The van der Waals surface area contributed by atoms with Gasteiger partial charge in [-0.1, -0.05) is 25.0 Å². The molecule has 0 radical (unpaired) electrons. The van der Waals surface area contributed by atoms with E-state index < -0.39 is 11.6 Å². The molecule has 0 amide bonds. The number of hydrogen-bond donors (Lipinski definition) is 0. The summed E-state index contributed by atoms with van der Waals surface area (Å²) in [5.74, 6) is -0.406. The van der Waals surface area contributed by atoms with E-state index in [-0.39, 0.29) is 0 Å². The Morgan fingerprint density at radius 1 is 1.00 bits per heavy atom. The van der Waals surface area contributed by atoms with Crippen LogP contribution >= 0.6 is 0 Å². The van der Waals surface area contributed by atoms with E-state index in [1.165, 1.54) is 18.6 Å². The average Bonchev–Trinajstić information content (AvgIpc) is 2.50. The predicted molar refractivity (Wildman–Crippen MR) is 79.8 cm³/mol. The van der Waals surface area contributed by atoms with E-state index >= 15 is 0 Å². The van der Waals surface area contributed by atoms with Gasteiger partial charge in [0, 0.05) is 0 Å². The Kier molecular flexibility index (Phi) is 6.34. The summed E-state index contributed by atoms with van der Waals surface area (Å²) in [5, 5.41) is 0. The minimum Gasteiger partial charge on any atom is -0.216 e. The van der Waals surface area contributed by atoms with Crippen molar-refractivity contribution in [3.8, 4) is 0 Å². The topological polar surface area (TPSA) is 0 Å². The Balaban J connectivity index is 1.73. The van der Waals surface area contributed by atoms with Gasteiger partial charge in [0.15, 0.2) is 11.6 Å². The van der Waals surface area contributed by atoms with Crippen LogP contribution in [-0.2, 0) is 0 Å². The molecule has 0 bridgehead atoms. The third kappa shape index (κ3) is 4.90. The summed E-state index contributed by atoms with van der Waals surface area (Å²) >= 11 is 0. The van der Waals surface area contributed by atoms with Crippen LogP contribution in [0, 0.1) is 17.6 Å². The summed E-state index contributed by atoms with van der Waals surface area (Å²) in [5.41, 5.74) is 0.931. The van der Waals surface area contributed by atoms with Crippen molar-refractivity contribution in [2.24, 2.45) is 5.92 Å². The van der Waals surface area contributed by atoms with Crippen LogP contribution in [0.4, 0.5) is 13.2 Å². The Morgan fingerprint density at radius 2 is 1.76 bits per heavy atom. The van der Waals surface area contributed by atoms with Crippen molar-refractivity contribution < 1.29 is 13.2 Å². The fourth-order valence-electron chi connectivity index (χ4n) is 3.31. The molecule has 0 aromatic heterocycles. The molecule has 0 N–H and O–H groups in total. The molecule has 0 atom stereocenters. The molecule has 0 unspecified atom stereocenters. The zero-order valence-corrected chi connectivity index (χ0v) is 12.3. The van der Waals surface area contributed by atoms with Gasteiger partial charge in [0.05, 0.1) is 6.33 Å². The van der Waals surface area contributed by atoms with E-state index in [4.69, 9.17) is 0 Å². The largest absolute Gasteiger partial charge is 0.216 e. The lowest BCUT2D eigenvalue weighted by atomic mass is 9.77. The molecule has 1 aliphatic carbocycles. The van der Waals surface area contributed by atoms with E-state index in [9.17, 15) is 13.2 Å². The number of rotatable bonds is 6. The maximum Gasteiger partial charge on any atom is 0.159 e. The van der Waals surface area contributed by atoms with Gasteiger partial charge in [-0.15, -0.1) is 0 Å². The van der Waals surface area contributed by atoms with Crippen LogP contribution in [0.1, 0.15) is 62.8 Å². The fraction of sp³-hybridized carbons (Fsp3) is 0.556. The molecule has 116 valence electrons. The fourth-order valence-corrected chi connectivity index (χ4v) is 3.31. The van der Waals surface area contributed by atoms with Crippen LogP contribution in [0.5, 0.6) is 0 Å². The van der Waals surface area contributed by atoms with Gasteiger partial charge in [0.25, 0.3) is 0 Å². The van der Waals surface area contributed by atoms with Gasteiger partial charge in [-0.3, -0.25) is 0 Å². The first-order chi connectivity index (χ1) is 10.2. The number of unbranched alkanes of at least 4 members (excludes halogenated alkanes) is 2. The molecule has 1 aromatic rings. The summed E-state index contributed by atoms with van der Waals surface area (Å²) in [6, 6.07) is 4.30. The standard InChI is InChI=1S/C18H23F3/c19-12-4-2-1-3-5-14-6-8-15(9-7-14)16-10-11-17(20)18(21)13-16/h4,10-15H,1-3,5-9H2/b12-4+/t14-,15-. The highest BCUT2D eigenvalue weighted by atomic mass is 19.2. The first-order valence-corrected chi connectivity index (χ1v) is 7.91. The average molecular weight is 296 g/mol. The van der Waals surface area contributed by atoms with Crippen molar-refractivity contribution in [2.45, 2.75) is 57.3 Å². The molecule has 1 saturated carbocycles. The van der Waals surface area contributed by atoms with Gasteiger partial charge in [-0.25, -0.2) is 13.2 Å². The van der Waals surface area contributed by atoms with Crippen molar-refractivity contribution in [3.05, 3.63) is 47.8 Å². The van der Waals surface area contributed by atoms with E-state index in [1.807, 2.05) is 0 Å². The quantitative estimate of drug-likeness (QED) is 0.542. The van der Waals surface area contributed by atoms with Crippen molar-refractivity contribution in [3.63, 3.8) is 0 Å². The van der Waals surface area contributed by atoms with Gasteiger partial charge >= 0.3 is 0 Å². The molecule has 3 heteroatoms. The highest BCUT2D eigenvalue weighted by Crippen LogP contribution is 2.38. The van der Waals surface area contributed by atoms with Crippen molar-refractivity contribution in [1.29, 1.82) is 0 Å². The van der Waals surface area contributed by atoms with E-state index in [0.29, 0.717) is 12.2 Å². The molecule has 0 saturated heterocycles. The molecule has 0 aliphatic heterocycles. The van der Waals surface area contributed by atoms with Crippen molar-refractivity contribution >= 4 is 0 Å². The van der Waals surface area contributed by atoms with Crippen LogP contribution in [0.2, 0.25) is 0 Å². The van der Waals surface area contributed by atoms with Crippen LogP contribution in [0.15, 0.2) is 30.6 Å². The zero-order valence-electron chi connectivity index (χ0n) is 12.3. The first-order valence-electron chi connectivity index (χ1n) is 7.91. The van der Waals surface area contributed by atoms with E-state index in [1.54, 1.807) is 12.1 Å². The Hall–Kier alpha value is -1.25. The SMILES string of the molecule is F/C=C/CCCC[C@H]1CC[C@H](c2ccc(F)c(F)c2)CC1. The van der Waals surface area contributed by atoms with Crippen LogP contribution in [0.25, 0.3) is 0 Å². The monoisotopic (exact) mass is 296 g/mol. The van der Waals surface area contributed by atoms with Crippen molar-refractivity contribution in [1.82, 2.24) is 0 Å². The zero-order chi connectivity index (χ0) is 15.1. The smallest absolute Gasteiger partial charge is 0.159 e. The molecule has 1 fully saturated rings. The Morgan fingerprint density at radius 3 is 2.43 bits per heavy atom. The number of benzene rings is 1. The van der Waals surface area contributed by atoms with Crippen molar-refractivity contribution in [2.75, 3.05) is 0 Å². The van der Waals surface area contributed by atoms with Crippen LogP contribution in [-0.4, -0.2) is 0 Å². The first kappa shape index (κ1) is 16.1. The molecule has 0 nitrogen and oxygen atoms in total. The summed E-state index contributed by atoms with van der Waals surface area (Å²) in [7, 11) is 0. The van der Waals surface area contributed by atoms with Crippen LogP contribution < -0.4 is 0 Å². The maximum absolute atomic E-state index is 13.3. The minimum absolute atomic E-state index is 0.367. The summed E-state index contributed by atoms with van der Waals surface area (Å²) in [6.07, 6.45) is 10.8. The second kappa shape index (κ2) is 8.26. The van der Waals surface area contributed by atoms with Crippen LogP contribution in [0.3, 0.4) is 0 Å². The lowest BCUT2D eigenvalue weighted by Gasteiger charge is -2.29. The summed E-state index contributed by atoms with van der Waals surface area (Å²) in [4.78, 5) is 0. The summed E-state index contributed by atoms with van der Waals surface area (Å²) in [6.45, 7) is 0. The van der Waals surface area contributed by atoms with Gasteiger partial charge in [-0.2, -0.15) is 0 Å². The van der Waals surface area contributed by atoms with E-state index in [2.05, 4.69) is 0 Å². The van der Waals surface area contributed by atoms with Gasteiger partial charge in [0.1, 0.15) is 0 Å². The lowest BCUT2D eigenvalue weighted by Crippen LogP contribution is -2.13. The third-order valence-electron chi connectivity index (χ3n) is 4.58. The summed E-state index contributed by atoms with van der Waals surface area (Å²) < 4.78 is 38.0. The Labute approximate surface area is 125 Å². The Bertz CT molecular complexity index is 460. The highest BCUT2D eigenvalue weighted by Gasteiger charge is 2.22. The minimum atomic E-state index is -0.769. The predicted octanol–water partition coefficient (Wildman–Crippen LogP) is 6.28. The van der Waals surface area contributed by atoms with Gasteiger partial charge < -0.3 is 0 Å². The van der Waals surface area contributed by atoms with E-state index in [0.717, 1.165) is 56.4 Å². The molecular weight excluding hydrogens is 273 g/mol. The molecular formula is C18H23F3. The van der Waals surface area contributed by atoms with Gasteiger partial charge in [-0.05, 0) is 68.1 Å². The number of allylic oxidation sites excluding steroid dienone is 1. The molecule has 21 heavy (non-hydrogen) atoms. The van der Waals surface area contributed by atoms with Gasteiger partial charge in [0.2, 0.25) is 0 Å². The second-order valence-corrected chi connectivity index (χ2v) is 6.04. The third-order valence-corrected chi connectivity index (χ3v) is 4.58. The highest BCUT2D eigenvalue weighted by molar-refractivity contribution is 5.22. The number of halogens is 3. The lowest BCUT2D eigenvalue weighted by molar-refractivity contribution is 0.302. The molecule has 1 aromatic carbocycles. The molecule has 0 heterocycles. The molecule has 2 rings (SSSR count). The molecule has 1 aliphatic rings. The normalized spacial score (nSPS) is 22.8.